The lowest BCUT2D eigenvalue weighted by Crippen LogP contribution is -2.13. The van der Waals surface area contributed by atoms with Crippen LogP contribution in [0.3, 0.4) is 0 Å². The van der Waals surface area contributed by atoms with E-state index in [2.05, 4.69) is 20.8 Å². The lowest BCUT2D eigenvalue weighted by atomic mass is 10.0. The molecule has 0 N–H and O–H groups in total. The van der Waals surface area contributed by atoms with Crippen molar-refractivity contribution in [1.29, 1.82) is 0 Å². The highest BCUT2D eigenvalue weighted by Gasteiger charge is 2.14. The Morgan fingerprint density at radius 3 is 1.75 bits per heavy atom. The molecular formula is C6H12S2. The summed E-state index contributed by atoms with van der Waals surface area (Å²) in [6.45, 7) is 6.39. The smallest absolute Gasteiger partial charge is 0.0529 e. The molecule has 0 heterocycles. The first-order chi connectivity index (χ1) is 3.48. The fraction of sp³-hybridized carbons (Fsp3) is 0.833. The van der Waals surface area contributed by atoms with E-state index in [4.69, 9.17) is 12.2 Å². The number of thioether (sulfide) groups is 1. The first kappa shape index (κ1) is 8.44. The maximum Gasteiger partial charge on any atom is 0.0529 e. The van der Waals surface area contributed by atoms with Crippen LogP contribution >= 0.6 is 24.0 Å². The lowest BCUT2D eigenvalue weighted by Gasteiger charge is -2.16. The summed E-state index contributed by atoms with van der Waals surface area (Å²) < 4.78 is 1.08. The van der Waals surface area contributed by atoms with Crippen molar-refractivity contribution in [1.82, 2.24) is 0 Å². The molecule has 2 heteroatoms. The van der Waals surface area contributed by atoms with Crippen LogP contribution in [-0.4, -0.2) is 10.5 Å². The van der Waals surface area contributed by atoms with Gasteiger partial charge in [-0.2, -0.15) is 0 Å². The Morgan fingerprint density at radius 1 is 1.38 bits per heavy atom. The highest BCUT2D eigenvalue weighted by molar-refractivity contribution is 8.22. The van der Waals surface area contributed by atoms with Gasteiger partial charge in [0, 0.05) is 5.41 Å². The van der Waals surface area contributed by atoms with E-state index in [9.17, 15) is 0 Å². The van der Waals surface area contributed by atoms with Crippen molar-refractivity contribution in [3.8, 4) is 0 Å². The van der Waals surface area contributed by atoms with E-state index in [1.807, 2.05) is 6.26 Å². The molecule has 0 amide bonds. The summed E-state index contributed by atoms with van der Waals surface area (Å²) in [5.41, 5.74) is 0.203. The minimum Gasteiger partial charge on any atom is -0.122 e. The fourth-order valence-electron chi connectivity index (χ4n) is 0.306. The van der Waals surface area contributed by atoms with Crippen LogP contribution in [-0.2, 0) is 0 Å². The van der Waals surface area contributed by atoms with Gasteiger partial charge in [-0.05, 0) is 6.26 Å². The van der Waals surface area contributed by atoms with Crippen molar-refractivity contribution < 1.29 is 0 Å². The molecular weight excluding hydrogens is 136 g/mol. The van der Waals surface area contributed by atoms with Crippen molar-refractivity contribution >= 4 is 28.2 Å². The molecule has 0 aliphatic rings. The molecule has 0 saturated carbocycles. The zero-order valence-corrected chi connectivity index (χ0v) is 7.45. The molecule has 0 bridgehead atoms. The van der Waals surface area contributed by atoms with Gasteiger partial charge in [-0.3, -0.25) is 0 Å². The molecule has 0 aromatic heterocycles. The highest BCUT2D eigenvalue weighted by Crippen LogP contribution is 2.22. The summed E-state index contributed by atoms with van der Waals surface area (Å²) in [7, 11) is 0. The quantitative estimate of drug-likeness (QED) is 0.484. The molecule has 0 aliphatic heterocycles. The van der Waals surface area contributed by atoms with Crippen molar-refractivity contribution in [3.05, 3.63) is 0 Å². The Balaban J connectivity index is 3.82. The number of hydrogen-bond donors (Lipinski definition) is 0. The molecule has 0 radical (unpaired) electrons. The standard InChI is InChI=1S/C6H12S2/c1-6(2,3)5(7)8-4/h1-4H3. The highest BCUT2D eigenvalue weighted by atomic mass is 32.2. The van der Waals surface area contributed by atoms with Crippen molar-refractivity contribution in [2.24, 2.45) is 5.41 Å². The summed E-state index contributed by atoms with van der Waals surface area (Å²) in [5.74, 6) is 0. The topological polar surface area (TPSA) is 0 Å². The minimum absolute atomic E-state index is 0.203. The lowest BCUT2D eigenvalue weighted by molar-refractivity contribution is 0.610. The Labute approximate surface area is 61.0 Å². The van der Waals surface area contributed by atoms with Gasteiger partial charge in [-0.1, -0.05) is 33.0 Å². The van der Waals surface area contributed by atoms with Gasteiger partial charge in [0.15, 0.2) is 0 Å². The number of rotatable bonds is 0. The van der Waals surface area contributed by atoms with Crippen LogP contribution in [0, 0.1) is 5.41 Å². The second-order valence-electron chi connectivity index (χ2n) is 2.74. The van der Waals surface area contributed by atoms with Crippen LogP contribution in [0.25, 0.3) is 0 Å². The van der Waals surface area contributed by atoms with Gasteiger partial charge < -0.3 is 0 Å². The van der Waals surface area contributed by atoms with E-state index >= 15 is 0 Å². The summed E-state index contributed by atoms with van der Waals surface area (Å²) in [6, 6.07) is 0. The summed E-state index contributed by atoms with van der Waals surface area (Å²) in [5, 5.41) is 0. The minimum atomic E-state index is 0.203. The number of thiocarbonyl (C=S) groups is 1. The fourth-order valence-corrected chi connectivity index (χ4v) is 0.919. The molecule has 8 heavy (non-hydrogen) atoms. The second kappa shape index (κ2) is 2.83. The van der Waals surface area contributed by atoms with E-state index in [0.29, 0.717) is 0 Å². The largest absolute Gasteiger partial charge is 0.122 e. The third-order valence-corrected chi connectivity index (χ3v) is 2.89. The van der Waals surface area contributed by atoms with Crippen LogP contribution in [0.2, 0.25) is 0 Å². The van der Waals surface area contributed by atoms with E-state index in [-0.39, 0.29) is 5.41 Å². The van der Waals surface area contributed by atoms with Crippen LogP contribution in [0.15, 0.2) is 0 Å². The molecule has 48 valence electrons. The van der Waals surface area contributed by atoms with E-state index in [1.165, 1.54) is 0 Å². The molecule has 0 saturated heterocycles. The Morgan fingerprint density at radius 2 is 1.75 bits per heavy atom. The van der Waals surface area contributed by atoms with Crippen LogP contribution in [0.4, 0.5) is 0 Å². The Kier molecular flexibility index (Phi) is 2.99. The third kappa shape index (κ3) is 2.68. The SMILES string of the molecule is CSC(=S)C(C)(C)C. The van der Waals surface area contributed by atoms with Gasteiger partial charge in [0.1, 0.15) is 0 Å². The van der Waals surface area contributed by atoms with Gasteiger partial charge in [0.25, 0.3) is 0 Å². The molecule has 0 spiro atoms. The second-order valence-corrected chi connectivity index (χ2v) is 4.22. The zero-order chi connectivity index (χ0) is 6.78. The predicted octanol–water partition coefficient (Wildman–Crippen LogP) is 2.72. The monoisotopic (exact) mass is 148 g/mol. The number of hydrogen-bond acceptors (Lipinski definition) is 2. The summed E-state index contributed by atoms with van der Waals surface area (Å²) in [4.78, 5) is 0. The Hall–Kier alpha value is 0.440. The maximum absolute atomic E-state index is 5.06. The normalized spacial score (nSPS) is 11.5. The van der Waals surface area contributed by atoms with Crippen molar-refractivity contribution in [2.75, 3.05) is 6.26 Å². The first-order valence-corrected chi connectivity index (χ1v) is 4.20. The summed E-state index contributed by atoms with van der Waals surface area (Å²) >= 11 is 6.72. The van der Waals surface area contributed by atoms with E-state index < -0.39 is 0 Å². The van der Waals surface area contributed by atoms with Gasteiger partial charge in [0.2, 0.25) is 0 Å². The average molecular weight is 148 g/mol. The van der Waals surface area contributed by atoms with Crippen molar-refractivity contribution in [3.63, 3.8) is 0 Å². The third-order valence-electron chi connectivity index (χ3n) is 0.798. The van der Waals surface area contributed by atoms with Crippen LogP contribution in [0.1, 0.15) is 20.8 Å². The predicted molar refractivity (Wildman–Crippen MR) is 45.6 cm³/mol. The molecule has 0 atom stereocenters. The zero-order valence-electron chi connectivity index (χ0n) is 5.82. The molecule has 0 rings (SSSR count). The van der Waals surface area contributed by atoms with E-state index in [0.717, 1.165) is 4.20 Å². The average Bonchev–Trinajstić information content (AvgIpc) is 1.62. The van der Waals surface area contributed by atoms with Crippen molar-refractivity contribution in [2.45, 2.75) is 20.8 Å². The van der Waals surface area contributed by atoms with Gasteiger partial charge in [-0.15, -0.1) is 11.8 Å². The van der Waals surface area contributed by atoms with Gasteiger partial charge in [0.05, 0.1) is 4.20 Å². The molecule has 0 aromatic carbocycles. The summed E-state index contributed by atoms with van der Waals surface area (Å²) in [6.07, 6.45) is 2.02. The van der Waals surface area contributed by atoms with Gasteiger partial charge in [-0.25, -0.2) is 0 Å². The molecule has 0 aliphatic carbocycles. The maximum atomic E-state index is 5.06. The molecule has 0 fully saturated rings. The molecule has 0 aromatic rings. The van der Waals surface area contributed by atoms with Crippen LogP contribution < -0.4 is 0 Å². The molecule has 0 nitrogen and oxygen atoms in total. The Bertz CT molecular complexity index is 89.2. The van der Waals surface area contributed by atoms with Crippen LogP contribution in [0.5, 0.6) is 0 Å². The van der Waals surface area contributed by atoms with E-state index in [1.54, 1.807) is 11.8 Å². The van der Waals surface area contributed by atoms with Gasteiger partial charge >= 0.3 is 0 Å². The molecule has 0 unspecified atom stereocenters. The first-order valence-electron chi connectivity index (χ1n) is 2.57.